The molecule has 1 unspecified atom stereocenters. The van der Waals surface area contributed by atoms with Gasteiger partial charge in [0.05, 0.1) is 6.04 Å². The minimum atomic E-state index is -0.0878. The SMILES string of the molecule is O=C(NC1CCCc2c1[nH]c1ccc(Br)cc21)c1cccc(Cl)c1. The summed E-state index contributed by atoms with van der Waals surface area (Å²) in [6.07, 6.45) is 3.04. The first kappa shape index (κ1) is 15.7. The Hall–Kier alpha value is -1.78. The lowest BCUT2D eigenvalue weighted by atomic mass is 9.91. The van der Waals surface area contributed by atoms with Crippen LogP contribution in [-0.2, 0) is 6.42 Å². The maximum Gasteiger partial charge on any atom is 0.251 e. The summed E-state index contributed by atoms with van der Waals surface area (Å²) in [5.74, 6) is -0.0878. The molecule has 0 fully saturated rings. The molecule has 1 aliphatic rings. The van der Waals surface area contributed by atoms with Gasteiger partial charge in [0.25, 0.3) is 5.91 Å². The first-order valence-corrected chi connectivity index (χ1v) is 9.15. The zero-order chi connectivity index (χ0) is 16.7. The second kappa shape index (κ2) is 6.26. The summed E-state index contributed by atoms with van der Waals surface area (Å²) in [6.45, 7) is 0. The quantitative estimate of drug-likeness (QED) is 0.592. The number of carbonyl (C=O) groups is 1. The molecule has 0 radical (unpaired) electrons. The van der Waals surface area contributed by atoms with E-state index in [-0.39, 0.29) is 11.9 Å². The van der Waals surface area contributed by atoms with Gasteiger partial charge in [0.15, 0.2) is 0 Å². The van der Waals surface area contributed by atoms with Crippen LogP contribution in [0, 0.1) is 0 Å². The van der Waals surface area contributed by atoms with E-state index in [1.807, 2.05) is 6.07 Å². The fraction of sp³-hybridized carbons (Fsp3) is 0.211. The second-order valence-electron chi connectivity index (χ2n) is 6.14. The lowest BCUT2D eigenvalue weighted by Gasteiger charge is -2.24. The molecule has 1 amide bonds. The second-order valence-corrected chi connectivity index (χ2v) is 7.49. The van der Waals surface area contributed by atoms with Crippen LogP contribution in [0.25, 0.3) is 10.9 Å². The Morgan fingerprint density at radius 2 is 2.12 bits per heavy atom. The zero-order valence-electron chi connectivity index (χ0n) is 12.9. The lowest BCUT2D eigenvalue weighted by Crippen LogP contribution is -2.31. The van der Waals surface area contributed by atoms with Gasteiger partial charge in [-0.05, 0) is 61.2 Å². The van der Waals surface area contributed by atoms with Crippen LogP contribution in [0.3, 0.4) is 0 Å². The summed E-state index contributed by atoms with van der Waals surface area (Å²) >= 11 is 9.53. The molecule has 2 aromatic carbocycles. The highest BCUT2D eigenvalue weighted by Gasteiger charge is 2.26. The molecular formula is C19H16BrClN2O. The highest BCUT2D eigenvalue weighted by atomic mass is 79.9. The third kappa shape index (κ3) is 2.85. The van der Waals surface area contributed by atoms with E-state index < -0.39 is 0 Å². The Bertz CT molecular complexity index is 934. The number of aromatic nitrogens is 1. The number of halogens is 2. The van der Waals surface area contributed by atoms with Gasteiger partial charge in [-0.25, -0.2) is 0 Å². The van der Waals surface area contributed by atoms with Gasteiger partial charge in [-0.1, -0.05) is 33.6 Å². The first-order valence-electron chi connectivity index (χ1n) is 7.98. The fourth-order valence-electron chi connectivity index (χ4n) is 3.45. The number of benzene rings is 2. The van der Waals surface area contributed by atoms with Crippen molar-refractivity contribution in [1.29, 1.82) is 0 Å². The van der Waals surface area contributed by atoms with Crippen LogP contribution in [0.1, 0.15) is 40.5 Å². The summed E-state index contributed by atoms with van der Waals surface area (Å²) in [7, 11) is 0. The van der Waals surface area contributed by atoms with Crippen molar-refractivity contribution in [2.45, 2.75) is 25.3 Å². The average molecular weight is 404 g/mol. The number of fused-ring (bicyclic) bond motifs is 3. The van der Waals surface area contributed by atoms with E-state index in [9.17, 15) is 4.79 Å². The van der Waals surface area contributed by atoms with Crippen molar-refractivity contribution in [2.24, 2.45) is 0 Å². The van der Waals surface area contributed by atoms with Crippen LogP contribution < -0.4 is 5.32 Å². The molecule has 4 rings (SSSR count). The smallest absolute Gasteiger partial charge is 0.251 e. The molecule has 0 bridgehead atoms. The van der Waals surface area contributed by atoms with Gasteiger partial charge < -0.3 is 10.3 Å². The maximum absolute atomic E-state index is 12.6. The summed E-state index contributed by atoms with van der Waals surface area (Å²) in [4.78, 5) is 16.1. The van der Waals surface area contributed by atoms with E-state index in [1.165, 1.54) is 10.9 Å². The van der Waals surface area contributed by atoms with E-state index in [0.29, 0.717) is 10.6 Å². The van der Waals surface area contributed by atoms with E-state index in [1.54, 1.807) is 24.3 Å². The van der Waals surface area contributed by atoms with Gasteiger partial charge >= 0.3 is 0 Å². The van der Waals surface area contributed by atoms with Crippen LogP contribution in [0.15, 0.2) is 46.9 Å². The van der Waals surface area contributed by atoms with Crippen molar-refractivity contribution < 1.29 is 4.79 Å². The van der Waals surface area contributed by atoms with Crippen molar-refractivity contribution in [3.05, 3.63) is 68.8 Å². The Kier molecular flexibility index (Phi) is 4.10. The predicted molar refractivity (Wildman–Crippen MR) is 101 cm³/mol. The molecule has 1 aliphatic carbocycles. The molecule has 24 heavy (non-hydrogen) atoms. The molecule has 2 N–H and O–H groups in total. The molecule has 0 saturated carbocycles. The van der Waals surface area contributed by atoms with Crippen molar-refractivity contribution in [1.82, 2.24) is 10.3 Å². The topological polar surface area (TPSA) is 44.9 Å². The van der Waals surface area contributed by atoms with Gasteiger partial charge in [-0.15, -0.1) is 0 Å². The summed E-state index contributed by atoms with van der Waals surface area (Å²) < 4.78 is 1.07. The van der Waals surface area contributed by atoms with Crippen LogP contribution in [0.2, 0.25) is 5.02 Å². The fourth-order valence-corrected chi connectivity index (χ4v) is 4.00. The molecule has 3 nitrogen and oxygen atoms in total. The van der Waals surface area contributed by atoms with E-state index in [0.717, 1.165) is 34.9 Å². The van der Waals surface area contributed by atoms with Crippen LogP contribution in [0.4, 0.5) is 0 Å². The van der Waals surface area contributed by atoms with Crippen LogP contribution >= 0.6 is 27.5 Å². The van der Waals surface area contributed by atoms with Crippen molar-refractivity contribution in [3.8, 4) is 0 Å². The third-order valence-corrected chi connectivity index (χ3v) is 5.29. The average Bonchev–Trinajstić information content (AvgIpc) is 2.94. The molecule has 122 valence electrons. The minimum absolute atomic E-state index is 0.00593. The highest BCUT2D eigenvalue weighted by molar-refractivity contribution is 9.10. The van der Waals surface area contributed by atoms with Gasteiger partial charge in [-0.2, -0.15) is 0 Å². The Morgan fingerprint density at radius 1 is 1.25 bits per heavy atom. The Morgan fingerprint density at radius 3 is 2.96 bits per heavy atom. The first-order chi connectivity index (χ1) is 11.6. The number of aryl methyl sites for hydroxylation is 1. The number of hydrogen-bond donors (Lipinski definition) is 2. The molecule has 1 atom stereocenters. The molecule has 0 aliphatic heterocycles. The van der Waals surface area contributed by atoms with Crippen LogP contribution in [0.5, 0.6) is 0 Å². The van der Waals surface area contributed by atoms with Gasteiger partial charge in [-0.3, -0.25) is 4.79 Å². The Labute approximate surface area is 153 Å². The van der Waals surface area contributed by atoms with Crippen molar-refractivity contribution >= 4 is 44.3 Å². The number of rotatable bonds is 2. The van der Waals surface area contributed by atoms with Gasteiger partial charge in [0.2, 0.25) is 0 Å². The largest absolute Gasteiger partial charge is 0.356 e. The number of aromatic amines is 1. The standard InChI is InChI=1S/C19H16BrClN2O/c20-12-7-8-16-15(10-12)14-5-2-6-17(18(14)22-16)23-19(24)11-3-1-4-13(21)9-11/h1,3-4,7-10,17,22H,2,5-6H2,(H,23,24). The molecular weight excluding hydrogens is 388 g/mol. The molecule has 1 aromatic heterocycles. The van der Waals surface area contributed by atoms with E-state index in [4.69, 9.17) is 11.6 Å². The van der Waals surface area contributed by atoms with E-state index >= 15 is 0 Å². The molecule has 0 spiro atoms. The lowest BCUT2D eigenvalue weighted by molar-refractivity contribution is 0.0932. The number of nitrogens with one attached hydrogen (secondary N) is 2. The molecule has 1 heterocycles. The summed E-state index contributed by atoms with van der Waals surface area (Å²) in [6, 6.07) is 13.3. The van der Waals surface area contributed by atoms with Crippen molar-refractivity contribution in [3.63, 3.8) is 0 Å². The highest BCUT2D eigenvalue weighted by Crippen LogP contribution is 2.36. The van der Waals surface area contributed by atoms with E-state index in [2.05, 4.69) is 38.4 Å². The molecule has 5 heteroatoms. The molecule has 3 aromatic rings. The van der Waals surface area contributed by atoms with Gasteiger partial charge in [0, 0.05) is 31.7 Å². The maximum atomic E-state index is 12.6. The minimum Gasteiger partial charge on any atom is -0.356 e. The van der Waals surface area contributed by atoms with Crippen LogP contribution in [-0.4, -0.2) is 10.9 Å². The predicted octanol–water partition coefficient (Wildman–Crippen LogP) is 5.39. The Balaban J connectivity index is 1.67. The normalized spacial score (nSPS) is 16.8. The monoisotopic (exact) mass is 402 g/mol. The third-order valence-electron chi connectivity index (χ3n) is 4.56. The number of amides is 1. The summed E-state index contributed by atoms with van der Waals surface area (Å²) in [5.41, 5.74) is 4.15. The number of H-pyrrole nitrogens is 1. The van der Waals surface area contributed by atoms with Crippen molar-refractivity contribution in [2.75, 3.05) is 0 Å². The molecule has 0 saturated heterocycles. The zero-order valence-corrected chi connectivity index (χ0v) is 15.2. The summed E-state index contributed by atoms with van der Waals surface area (Å²) in [5, 5.41) is 4.96. The van der Waals surface area contributed by atoms with Gasteiger partial charge in [0.1, 0.15) is 0 Å². The number of carbonyl (C=O) groups excluding carboxylic acids is 1. The number of hydrogen-bond acceptors (Lipinski definition) is 1.